The molecule has 3 nitrogen and oxygen atoms in total. The molecule has 1 atom stereocenters. The summed E-state index contributed by atoms with van der Waals surface area (Å²) in [4.78, 5) is 16.4. The molecule has 0 aliphatic heterocycles. The van der Waals surface area contributed by atoms with Gasteiger partial charge in [0, 0.05) is 35.8 Å². The molecule has 1 aliphatic carbocycles. The molecular formula is C15H16N2O. The highest BCUT2D eigenvalue weighted by Gasteiger charge is 2.30. The molecule has 18 heavy (non-hydrogen) atoms. The van der Waals surface area contributed by atoms with Gasteiger partial charge >= 0.3 is 0 Å². The van der Waals surface area contributed by atoms with Crippen molar-refractivity contribution in [2.24, 2.45) is 11.7 Å². The van der Waals surface area contributed by atoms with Crippen LogP contribution in [-0.2, 0) is 0 Å². The van der Waals surface area contributed by atoms with E-state index in [1.807, 2.05) is 24.3 Å². The molecule has 1 unspecified atom stereocenters. The van der Waals surface area contributed by atoms with Crippen molar-refractivity contribution in [3.05, 3.63) is 42.2 Å². The fourth-order valence-corrected chi connectivity index (χ4v) is 2.38. The van der Waals surface area contributed by atoms with Gasteiger partial charge in [0.1, 0.15) is 0 Å². The molecule has 1 fully saturated rings. The molecule has 0 spiro atoms. The second-order valence-electron chi connectivity index (χ2n) is 5.03. The first kappa shape index (κ1) is 11.4. The van der Waals surface area contributed by atoms with E-state index in [2.05, 4.69) is 4.98 Å². The lowest BCUT2D eigenvalue weighted by Gasteiger charge is -2.10. The van der Waals surface area contributed by atoms with Gasteiger partial charge in [0.25, 0.3) is 0 Å². The number of hydrogen-bond donors (Lipinski definition) is 1. The summed E-state index contributed by atoms with van der Waals surface area (Å²) < 4.78 is 0. The highest BCUT2D eigenvalue weighted by Crippen LogP contribution is 2.33. The smallest absolute Gasteiger partial charge is 0.165 e. The van der Waals surface area contributed by atoms with Crippen LogP contribution in [0.15, 0.2) is 36.7 Å². The lowest BCUT2D eigenvalue weighted by Crippen LogP contribution is -2.26. The van der Waals surface area contributed by atoms with Gasteiger partial charge < -0.3 is 5.73 Å². The van der Waals surface area contributed by atoms with Crippen molar-refractivity contribution in [3.63, 3.8) is 0 Å². The summed E-state index contributed by atoms with van der Waals surface area (Å²) in [6.45, 7) is 0. The van der Waals surface area contributed by atoms with Crippen molar-refractivity contribution < 1.29 is 4.79 Å². The maximum atomic E-state index is 12.3. The Balaban J connectivity index is 1.90. The minimum absolute atomic E-state index is 0.0228. The third-order valence-corrected chi connectivity index (χ3v) is 3.63. The Labute approximate surface area is 106 Å². The average molecular weight is 240 g/mol. The first-order chi connectivity index (χ1) is 8.75. The van der Waals surface area contributed by atoms with Gasteiger partial charge in [-0.3, -0.25) is 9.78 Å². The van der Waals surface area contributed by atoms with E-state index in [-0.39, 0.29) is 11.8 Å². The van der Waals surface area contributed by atoms with Gasteiger partial charge in [-0.05, 0) is 30.2 Å². The van der Waals surface area contributed by atoms with E-state index in [0.717, 1.165) is 16.3 Å². The van der Waals surface area contributed by atoms with Gasteiger partial charge in [0.05, 0.1) is 0 Å². The zero-order valence-corrected chi connectivity index (χ0v) is 10.2. The van der Waals surface area contributed by atoms with Gasteiger partial charge in [0.15, 0.2) is 5.78 Å². The fourth-order valence-electron chi connectivity index (χ4n) is 2.38. The molecule has 0 saturated heterocycles. The standard InChI is InChI=1S/C15H16N2O/c16-14(10-4-5-10)8-15(18)13-3-1-2-11-9-17-7-6-12(11)13/h1-3,6-7,9-10,14H,4-5,8,16H2. The number of pyridine rings is 1. The Morgan fingerprint density at radius 3 is 3.00 bits per heavy atom. The first-order valence-electron chi connectivity index (χ1n) is 6.37. The SMILES string of the molecule is NC(CC(=O)c1cccc2cnccc12)C1CC1. The summed E-state index contributed by atoms with van der Waals surface area (Å²) >= 11 is 0. The van der Waals surface area contributed by atoms with Crippen LogP contribution in [0.2, 0.25) is 0 Å². The third-order valence-electron chi connectivity index (χ3n) is 3.63. The van der Waals surface area contributed by atoms with E-state index >= 15 is 0 Å². The van der Waals surface area contributed by atoms with Gasteiger partial charge in [-0.25, -0.2) is 0 Å². The Kier molecular flexibility index (Phi) is 2.84. The summed E-state index contributed by atoms with van der Waals surface area (Å²) in [6, 6.07) is 7.67. The van der Waals surface area contributed by atoms with Crippen LogP contribution >= 0.6 is 0 Å². The van der Waals surface area contributed by atoms with Crippen LogP contribution in [-0.4, -0.2) is 16.8 Å². The Morgan fingerprint density at radius 2 is 2.22 bits per heavy atom. The van der Waals surface area contributed by atoms with Crippen LogP contribution in [0, 0.1) is 5.92 Å². The number of carbonyl (C=O) groups excluding carboxylic acids is 1. The molecule has 1 saturated carbocycles. The van der Waals surface area contributed by atoms with Gasteiger partial charge in [0.2, 0.25) is 0 Å². The molecular weight excluding hydrogens is 224 g/mol. The van der Waals surface area contributed by atoms with E-state index in [9.17, 15) is 4.79 Å². The maximum absolute atomic E-state index is 12.3. The molecule has 3 rings (SSSR count). The van der Waals surface area contributed by atoms with Crippen molar-refractivity contribution >= 4 is 16.6 Å². The zero-order valence-electron chi connectivity index (χ0n) is 10.2. The maximum Gasteiger partial charge on any atom is 0.165 e. The number of benzene rings is 1. The number of nitrogens with zero attached hydrogens (tertiary/aromatic N) is 1. The number of nitrogens with two attached hydrogens (primary N) is 1. The minimum Gasteiger partial charge on any atom is -0.327 e. The van der Waals surface area contributed by atoms with Gasteiger partial charge in [-0.1, -0.05) is 18.2 Å². The summed E-state index contributed by atoms with van der Waals surface area (Å²) in [7, 11) is 0. The van der Waals surface area contributed by atoms with E-state index in [0.29, 0.717) is 12.3 Å². The highest BCUT2D eigenvalue weighted by atomic mass is 16.1. The summed E-state index contributed by atoms with van der Waals surface area (Å²) in [6.07, 6.45) is 6.31. The van der Waals surface area contributed by atoms with Crippen LogP contribution in [0.5, 0.6) is 0 Å². The molecule has 2 aromatic rings. The van der Waals surface area contributed by atoms with Crippen LogP contribution in [0.25, 0.3) is 10.8 Å². The predicted octanol–water partition coefficient (Wildman–Crippen LogP) is 2.54. The van der Waals surface area contributed by atoms with Crippen LogP contribution in [0.3, 0.4) is 0 Å². The summed E-state index contributed by atoms with van der Waals surface area (Å²) in [5.41, 5.74) is 6.80. The second-order valence-corrected chi connectivity index (χ2v) is 5.03. The largest absolute Gasteiger partial charge is 0.327 e. The molecule has 1 heterocycles. The fraction of sp³-hybridized carbons (Fsp3) is 0.333. The van der Waals surface area contributed by atoms with Gasteiger partial charge in [-0.15, -0.1) is 0 Å². The predicted molar refractivity (Wildman–Crippen MR) is 71.4 cm³/mol. The number of aromatic nitrogens is 1. The molecule has 1 aromatic heterocycles. The lowest BCUT2D eigenvalue weighted by atomic mass is 9.97. The van der Waals surface area contributed by atoms with E-state index < -0.39 is 0 Å². The highest BCUT2D eigenvalue weighted by molar-refractivity contribution is 6.08. The average Bonchev–Trinajstić information content (AvgIpc) is 3.22. The van der Waals surface area contributed by atoms with Crippen LogP contribution in [0.1, 0.15) is 29.6 Å². The first-order valence-corrected chi connectivity index (χ1v) is 6.37. The molecule has 2 N–H and O–H groups in total. The van der Waals surface area contributed by atoms with Crippen molar-refractivity contribution in [1.29, 1.82) is 0 Å². The molecule has 0 amide bonds. The van der Waals surface area contributed by atoms with Gasteiger partial charge in [-0.2, -0.15) is 0 Å². The minimum atomic E-state index is 0.0228. The van der Waals surface area contributed by atoms with Crippen LogP contribution < -0.4 is 5.73 Å². The number of fused-ring (bicyclic) bond motifs is 1. The Morgan fingerprint density at radius 1 is 1.39 bits per heavy atom. The molecule has 92 valence electrons. The lowest BCUT2D eigenvalue weighted by molar-refractivity contribution is 0.0973. The number of hydrogen-bond acceptors (Lipinski definition) is 3. The topological polar surface area (TPSA) is 56.0 Å². The molecule has 0 radical (unpaired) electrons. The molecule has 3 heteroatoms. The normalized spacial score (nSPS) is 16.7. The van der Waals surface area contributed by atoms with Crippen LogP contribution in [0.4, 0.5) is 0 Å². The Bertz CT molecular complexity index is 585. The molecule has 1 aromatic carbocycles. The van der Waals surface area contributed by atoms with E-state index in [1.54, 1.807) is 12.4 Å². The van der Waals surface area contributed by atoms with E-state index in [1.165, 1.54) is 12.8 Å². The van der Waals surface area contributed by atoms with Crippen molar-refractivity contribution in [2.75, 3.05) is 0 Å². The van der Waals surface area contributed by atoms with Crippen molar-refractivity contribution in [2.45, 2.75) is 25.3 Å². The Hall–Kier alpha value is -1.74. The van der Waals surface area contributed by atoms with E-state index in [4.69, 9.17) is 5.73 Å². The second kappa shape index (κ2) is 4.50. The van der Waals surface area contributed by atoms with Crippen molar-refractivity contribution in [3.8, 4) is 0 Å². The monoisotopic (exact) mass is 240 g/mol. The molecule has 0 bridgehead atoms. The summed E-state index contributed by atoms with van der Waals surface area (Å²) in [5, 5.41) is 1.98. The number of rotatable bonds is 4. The third kappa shape index (κ3) is 2.14. The summed E-state index contributed by atoms with van der Waals surface area (Å²) in [5.74, 6) is 0.705. The number of Topliss-reactive ketones (excluding diaryl/α,β-unsaturated/α-hetero) is 1. The molecule has 1 aliphatic rings. The number of ketones is 1. The zero-order chi connectivity index (χ0) is 12.5. The van der Waals surface area contributed by atoms with Crippen molar-refractivity contribution in [1.82, 2.24) is 4.98 Å². The quantitative estimate of drug-likeness (QED) is 0.835. The number of carbonyl (C=O) groups is 1.